The van der Waals surface area contributed by atoms with Crippen LogP contribution in [-0.4, -0.2) is 173 Å². The Morgan fingerprint density at radius 2 is 1.13 bits per heavy atom. The lowest BCUT2D eigenvalue weighted by Gasteiger charge is -2.48. The van der Waals surface area contributed by atoms with E-state index >= 15 is 0 Å². The van der Waals surface area contributed by atoms with Gasteiger partial charge in [0.15, 0.2) is 12.6 Å². The maximum absolute atomic E-state index is 11.5. The van der Waals surface area contributed by atoms with E-state index in [-0.39, 0.29) is 0 Å². The Morgan fingerprint density at radius 1 is 0.609 bits per heavy atom. The van der Waals surface area contributed by atoms with E-state index < -0.39 is 139 Å². The van der Waals surface area contributed by atoms with Crippen LogP contribution in [0, 0.1) is 20.2 Å². The summed E-state index contributed by atoms with van der Waals surface area (Å²) in [5.41, 5.74) is -1.54. The molecule has 3 aliphatic rings. The highest BCUT2D eigenvalue weighted by molar-refractivity contribution is 5.53. The highest BCUT2D eigenvalue weighted by Gasteiger charge is 2.54. The standard InChI is InChI=1S/C24H34N2O20/c27-4-10-13(30)15(32)17(34)22(42-10)45-20-12(6-29)44-23(18(35)16(20)33)46-21-14(31)11(5-28)43-24(19(21)36)41-9-2-1-7(25(37)38)3-8(9)26(39)40/h1-3,10-24,27-36H,4-6H2/t10-,11-,12-,13-,14-,15+,16-,17-,18-,19-,20-,21+,22+,23+,24-/m1/s1. The lowest BCUT2D eigenvalue weighted by atomic mass is 9.96. The third kappa shape index (κ3) is 7.20. The van der Waals surface area contributed by atoms with Crippen LogP contribution in [0.5, 0.6) is 5.75 Å². The first-order valence-corrected chi connectivity index (χ1v) is 13.7. The number of nitrogens with zero attached hydrogens (tertiary/aromatic N) is 2. The maximum atomic E-state index is 11.5. The molecule has 3 aliphatic heterocycles. The smallest absolute Gasteiger partial charge is 0.317 e. The molecule has 0 saturated carbocycles. The minimum absolute atomic E-state index is 0.586. The summed E-state index contributed by atoms with van der Waals surface area (Å²) in [6.07, 6.45) is -27.3. The molecule has 1 aromatic rings. The van der Waals surface area contributed by atoms with Crippen LogP contribution in [0.2, 0.25) is 0 Å². The van der Waals surface area contributed by atoms with E-state index in [4.69, 9.17) is 28.4 Å². The van der Waals surface area contributed by atoms with Gasteiger partial charge in [0, 0.05) is 6.07 Å². The third-order valence-electron chi connectivity index (χ3n) is 7.67. The van der Waals surface area contributed by atoms with Crippen molar-refractivity contribution >= 4 is 11.4 Å². The second kappa shape index (κ2) is 15.0. The number of aliphatic hydroxyl groups excluding tert-OH is 10. The SMILES string of the molecule is O=[N+]([O-])c1ccc(O[C@@H]2O[C@H](CO)[C@@H](O)[C@H](O[C@@H]3O[C@H](CO)[C@@H](O[C@@H]4O[C@H](CO)[C@@H](O)[C@H](O)[C@H]4O)[C@H](O)[C@H]3O)[C@H]2O)c([N+](=O)[O-])c1. The molecule has 0 radical (unpaired) electrons. The van der Waals surface area contributed by atoms with Gasteiger partial charge in [-0.25, -0.2) is 0 Å². The topological polar surface area (TPSA) is 344 Å². The first kappa shape index (κ1) is 36.1. The second-order valence-corrected chi connectivity index (χ2v) is 10.6. The van der Waals surface area contributed by atoms with E-state index in [0.717, 1.165) is 12.1 Å². The van der Waals surface area contributed by atoms with Crippen molar-refractivity contribution in [3.05, 3.63) is 38.4 Å². The summed E-state index contributed by atoms with van der Waals surface area (Å²) in [6, 6.07) is 2.31. The van der Waals surface area contributed by atoms with Crippen LogP contribution >= 0.6 is 0 Å². The van der Waals surface area contributed by atoms with Crippen molar-refractivity contribution in [1.29, 1.82) is 0 Å². The number of ether oxygens (including phenoxy) is 6. The molecule has 0 aromatic heterocycles. The van der Waals surface area contributed by atoms with E-state index in [2.05, 4.69) is 0 Å². The summed E-state index contributed by atoms with van der Waals surface area (Å²) in [7, 11) is 0. The van der Waals surface area contributed by atoms with Gasteiger partial charge in [0.2, 0.25) is 12.0 Å². The van der Waals surface area contributed by atoms with E-state index in [1.165, 1.54) is 0 Å². The highest BCUT2D eigenvalue weighted by atomic mass is 16.8. The van der Waals surface area contributed by atoms with Crippen molar-refractivity contribution < 1.29 is 89.3 Å². The minimum Gasteiger partial charge on any atom is -0.455 e. The van der Waals surface area contributed by atoms with Gasteiger partial charge in [0.05, 0.1) is 35.7 Å². The monoisotopic (exact) mass is 670 g/mol. The van der Waals surface area contributed by atoms with Crippen molar-refractivity contribution in [2.75, 3.05) is 19.8 Å². The molecular formula is C24H34N2O20. The predicted molar refractivity (Wildman–Crippen MR) is 139 cm³/mol. The molecule has 22 heteroatoms. The molecule has 260 valence electrons. The highest BCUT2D eigenvalue weighted by Crippen LogP contribution is 2.36. The Balaban J connectivity index is 1.51. The quantitative estimate of drug-likeness (QED) is 0.0774. The molecule has 3 fully saturated rings. The molecular weight excluding hydrogens is 636 g/mol. The van der Waals surface area contributed by atoms with Gasteiger partial charge in [-0.15, -0.1) is 0 Å². The van der Waals surface area contributed by atoms with E-state index in [1.807, 2.05) is 0 Å². The number of nitro groups is 2. The predicted octanol–water partition coefficient (Wildman–Crippen LogP) is -5.67. The van der Waals surface area contributed by atoms with Crippen LogP contribution in [0.15, 0.2) is 18.2 Å². The molecule has 15 atom stereocenters. The Labute approximate surface area is 257 Å². The fourth-order valence-electron chi connectivity index (χ4n) is 5.12. The van der Waals surface area contributed by atoms with Crippen LogP contribution in [0.1, 0.15) is 0 Å². The molecule has 22 nitrogen and oxygen atoms in total. The molecule has 46 heavy (non-hydrogen) atoms. The summed E-state index contributed by atoms with van der Waals surface area (Å²) >= 11 is 0. The number of hydrogen-bond acceptors (Lipinski definition) is 20. The number of benzene rings is 1. The normalized spacial score (nSPS) is 41.6. The molecule has 0 amide bonds. The molecule has 0 unspecified atom stereocenters. The van der Waals surface area contributed by atoms with Crippen molar-refractivity contribution in [3.63, 3.8) is 0 Å². The Morgan fingerprint density at radius 3 is 1.70 bits per heavy atom. The molecule has 0 bridgehead atoms. The summed E-state index contributed by atoms with van der Waals surface area (Å²) in [6.45, 7) is -2.65. The van der Waals surface area contributed by atoms with Crippen molar-refractivity contribution in [3.8, 4) is 5.75 Å². The van der Waals surface area contributed by atoms with Gasteiger partial charge < -0.3 is 79.5 Å². The Bertz CT molecular complexity index is 1210. The van der Waals surface area contributed by atoms with Crippen LogP contribution in [0.3, 0.4) is 0 Å². The van der Waals surface area contributed by atoms with Crippen molar-refractivity contribution in [2.45, 2.75) is 92.1 Å². The average molecular weight is 671 g/mol. The van der Waals surface area contributed by atoms with Gasteiger partial charge in [0.1, 0.15) is 73.2 Å². The fraction of sp³-hybridized carbons (Fsp3) is 0.750. The summed E-state index contributed by atoms with van der Waals surface area (Å²) in [5, 5.41) is 125. The third-order valence-corrected chi connectivity index (χ3v) is 7.67. The molecule has 3 heterocycles. The number of rotatable bonds is 11. The van der Waals surface area contributed by atoms with Crippen LogP contribution in [0.4, 0.5) is 11.4 Å². The van der Waals surface area contributed by atoms with Gasteiger partial charge in [-0.1, -0.05) is 0 Å². The molecule has 0 spiro atoms. The second-order valence-electron chi connectivity index (χ2n) is 10.6. The molecule has 0 aliphatic carbocycles. The van der Waals surface area contributed by atoms with Gasteiger partial charge >= 0.3 is 5.69 Å². The van der Waals surface area contributed by atoms with Gasteiger partial charge in [0.25, 0.3) is 5.69 Å². The van der Waals surface area contributed by atoms with Gasteiger partial charge in [-0.2, -0.15) is 0 Å². The number of hydrogen-bond donors (Lipinski definition) is 10. The number of nitro benzene ring substituents is 2. The van der Waals surface area contributed by atoms with E-state index in [0.29, 0.717) is 6.07 Å². The van der Waals surface area contributed by atoms with Crippen molar-refractivity contribution in [1.82, 2.24) is 0 Å². The molecule has 4 rings (SSSR count). The lowest BCUT2D eigenvalue weighted by molar-refractivity contribution is -0.396. The number of non-ortho nitro benzene ring substituents is 1. The summed E-state index contributed by atoms with van der Waals surface area (Å²) in [4.78, 5) is 20.7. The molecule has 3 saturated heterocycles. The van der Waals surface area contributed by atoms with Crippen molar-refractivity contribution in [2.24, 2.45) is 0 Å². The zero-order valence-corrected chi connectivity index (χ0v) is 23.5. The van der Waals surface area contributed by atoms with Crippen LogP contribution in [-0.2, 0) is 23.7 Å². The average Bonchev–Trinajstić information content (AvgIpc) is 3.03. The zero-order chi connectivity index (χ0) is 34.0. The van der Waals surface area contributed by atoms with Crippen LogP contribution < -0.4 is 4.74 Å². The van der Waals surface area contributed by atoms with E-state index in [1.54, 1.807) is 0 Å². The zero-order valence-electron chi connectivity index (χ0n) is 23.5. The van der Waals surface area contributed by atoms with Gasteiger partial charge in [-0.05, 0) is 6.07 Å². The summed E-state index contributed by atoms with van der Waals surface area (Å²) in [5.74, 6) is -0.607. The summed E-state index contributed by atoms with van der Waals surface area (Å²) < 4.78 is 32.4. The Kier molecular flexibility index (Phi) is 11.7. The lowest BCUT2D eigenvalue weighted by Crippen LogP contribution is -2.67. The Hall–Kier alpha value is -2.78. The van der Waals surface area contributed by atoms with Crippen LogP contribution in [0.25, 0.3) is 0 Å². The van der Waals surface area contributed by atoms with Gasteiger partial charge in [-0.3, -0.25) is 20.2 Å². The minimum atomic E-state index is -2.08. The molecule has 10 N–H and O–H groups in total. The first-order valence-electron chi connectivity index (χ1n) is 13.7. The largest absolute Gasteiger partial charge is 0.455 e. The van der Waals surface area contributed by atoms with E-state index in [9.17, 15) is 71.3 Å². The number of aliphatic hydroxyl groups is 10. The molecule has 1 aromatic carbocycles. The first-order chi connectivity index (χ1) is 21.7. The fourth-order valence-corrected chi connectivity index (χ4v) is 5.12. The maximum Gasteiger partial charge on any atom is 0.317 e.